The van der Waals surface area contributed by atoms with Crippen molar-refractivity contribution in [3.05, 3.63) is 36.4 Å². The third-order valence-corrected chi connectivity index (χ3v) is 3.51. The molecule has 0 aliphatic carbocycles. The monoisotopic (exact) mass is 271 g/mol. The van der Waals surface area contributed by atoms with Crippen molar-refractivity contribution in [3.63, 3.8) is 0 Å². The van der Waals surface area contributed by atoms with Crippen LogP contribution in [0.4, 0.5) is 5.82 Å². The highest BCUT2D eigenvalue weighted by molar-refractivity contribution is 5.82. The fraction of sp³-hybridized carbons (Fsp3) is 0.333. The third kappa shape index (κ3) is 2.44. The maximum absolute atomic E-state index is 11.7. The Morgan fingerprint density at radius 2 is 2.20 bits per heavy atom. The summed E-state index contributed by atoms with van der Waals surface area (Å²) < 4.78 is 5.49. The van der Waals surface area contributed by atoms with E-state index in [2.05, 4.69) is 21.3 Å². The van der Waals surface area contributed by atoms with E-state index in [0.29, 0.717) is 13.2 Å². The van der Waals surface area contributed by atoms with Gasteiger partial charge in [0.1, 0.15) is 5.82 Å². The topological polar surface area (TPSA) is 54.5 Å². The molecule has 0 bridgehead atoms. The number of nitrogens with one attached hydrogen (secondary N) is 1. The van der Waals surface area contributed by atoms with Crippen LogP contribution >= 0.6 is 0 Å². The van der Waals surface area contributed by atoms with Gasteiger partial charge in [0, 0.05) is 19.0 Å². The molecule has 20 heavy (non-hydrogen) atoms. The second kappa shape index (κ2) is 5.46. The minimum atomic E-state index is -0.429. The minimum absolute atomic E-state index is 0.0875. The molecule has 1 saturated heterocycles. The Balaban J connectivity index is 1.84. The van der Waals surface area contributed by atoms with Crippen LogP contribution in [0, 0.1) is 0 Å². The number of morpholine rings is 1. The first-order valence-corrected chi connectivity index (χ1v) is 6.72. The number of para-hydroxylation sites is 1. The van der Waals surface area contributed by atoms with Crippen molar-refractivity contribution in [1.82, 2.24) is 10.3 Å². The highest BCUT2D eigenvalue weighted by Crippen LogP contribution is 2.20. The lowest BCUT2D eigenvalue weighted by molar-refractivity contribution is -0.132. The number of rotatable bonds is 2. The minimum Gasteiger partial charge on any atom is -0.365 e. The molecule has 1 aliphatic heterocycles. The largest absolute Gasteiger partial charge is 0.365 e. The molecule has 1 aliphatic rings. The van der Waals surface area contributed by atoms with Crippen LogP contribution in [0.15, 0.2) is 36.4 Å². The molecule has 1 unspecified atom stereocenters. The SMILES string of the molecule is CNC(=O)C1CN(c2ccc3ccccc3n2)CCO1. The summed E-state index contributed by atoms with van der Waals surface area (Å²) in [5, 5.41) is 3.74. The van der Waals surface area contributed by atoms with Crippen LogP contribution in [0.1, 0.15) is 0 Å². The van der Waals surface area contributed by atoms with Gasteiger partial charge in [0.2, 0.25) is 0 Å². The van der Waals surface area contributed by atoms with E-state index in [9.17, 15) is 4.79 Å². The van der Waals surface area contributed by atoms with Gasteiger partial charge in [-0.15, -0.1) is 0 Å². The van der Waals surface area contributed by atoms with Crippen LogP contribution in [-0.2, 0) is 9.53 Å². The number of aromatic nitrogens is 1. The third-order valence-electron chi connectivity index (χ3n) is 3.51. The Kier molecular flexibility index (Phi) is 3.52. The van der Waals surface area contributed by atoms with Crippen molar-refractivity contribution in [1.29, 1.82) is 0 Å². The summed E-state index contributed by atoms with van der Waals surface area (Å²) in [6, 6.07) is 12.1. The normalized spacial score (nSPS) is 19.1. The van der Waals surface area contributed by atoms with Crippen LogP contribution in [-0.4, -0.2) is 43.7 Å². The Labute approximate surface area is 117 Å². The zero-order chi connectivity index (χ0) is 13.9. The fourth-order valence-electron chi connectivity index (χ4n) is 2.41. The number of pyridine rings is 1. The molecular weight excluding hydrogens is 254 g/mol. The van der Waals surface area contributed by atoms with Crippen LogP contribution in [0.3, 0.4) is 0 Å². The number of fused-ring (bicyclic) bond motifs is 1. The molecule has 0 saturated carbocycles. The first-order chi connectivity index (χ1) is 9.78. The van der Waals surface area contributed by atoms with Crippen LogP contribution in [0.25, 0.3) is 10.9 Å². The standard InChI is InChI=1S/C15H17N3O2/c1-16-15(19)13-10-18(8-9-20-13)14-7-6-11-4-2-3-5-12(11)17-14/h2-7,13H,8-10H2,1H3,(H,16,19). The van der Waals surface area contributed by atoms with E-state index in [1.54, 1.807) is 7.05 Å². The van der Waals surface area contributed by atoms with Crippen molar-refractivity contribution >= 4 is 22.6 Å². The number of amides is 1. The fourth-order valence-corrected chi connectivity index (χ4v) is 2.41. The number of hydrogen-bond donors (Lipinski definition) is 1. The van der Waals surface area contributed by atoms with Crippen LogP contribution in [0.2, 0.25) is 0 Å². The van der Waals surface area contributed by atoms with Gasteiger partial charge in [0.15, 0.2) is 6.10 Å². The van der Waals surface area contributed by atoms with E-state index in [4.69, 9.17) is 4.74 Å². The molecule has 3 rings (SSSR count). The molecular formula is C15H17N3O2. The molecule has 1 fully saturated rings. The van der Waals surface area contributed by atoms with E-state index >= 15 is 0 Å². The zero-order valence-electron chi connectivity index (χ0n) is 11.4. The average Bonchev–Trinajstić information content (AvgIpc) is 2.53. The second-order valence-corrected chi connectivity index (χ2v) is 4.78. The number of anilines is 1. The molecule has 5 heteroatoms. The Bertz CT molecular complexity index is 629. The second-order valence-electron chi connectivity index (χ2n) is 4.78. The lowest BCUT2D eigenvalue weighted by atomic mass is 10.2. The first kappa shape index (κ1) is 12.9. The average molecular weight is 271 g/mol. The van der Waals surface area contributed by atoms with Crippen LogP contribution < -0.4 is 10.2 Å². The molecule has 1 aromatic heterocycles. The summed E-state index contributed by atoms with van der Waals surface area (Å²) in [5.74, 6) is 0.802. The summed E-state index contributed by atoms with van der Waals surface area (Å²) >= 11 is 0. The van der Waals surface area contributed by atoms with Gasteiger partial charge in [-0.05, 0) is 18.2 Å². The summed E-state index contributed by atoms with van der Waals surface area (Å²) in [5.41, 5.74) is 0.966. The number of carbonyl (C=O) groups excluding carboxylic acids is 1. The molecule has 104 valence electrons. The van der Waals surface area contributed by atoms with Crippen molar-refractivity contribution in [3.8, 4) is 0 Å². The molecule has 1 amide bonds. The van der Waals surface area contributed by atoms with E-state index in [1.807, 2.05) is 30.3 Å². The van der Waals surface area contributed by atoms with E-state index in [1.165, 1.54) is 0 Å². The summed E-state index contributed by atoms with van der Waals surface area (Å²) in [7, 11) is 1.62. The van der Waals surface area contributed by atoms with Crippen molar-refractivity contribution in [2.75, 3.05) is 31.6 Å². The van der Waals surface area contributed by atoms with Gasteiger partial charge >= 0.3 is 0 Å². The summed E-state index contributed by atoms with van der Waals surface area (Å²) in [6.07, 6.45) is -0.429. The molecule has 1 aromatic carbocycles. The predicted octanol–water partition coefficient (Wildman–Crippen LogP) is 1.19. The summed E-state index contributed by atoms with van der Waals surface area (Å²) in [4.78, 5) is 18.4. The van der Waals surface area contributed by atoms with Crippen molar-refractivity contribution < 1.29 is 9.53 Å². The quantitative estimate of drug-likeness (QED) is 0.891. The molecule has 0 radical (unpaired) electrons. The number of ether oxygens (including phenoxy) is 1. The van der Waals surface area contributed by atoms with Gasteiger partial charge in [0.25, 0.3) is 5.91 Å². The Morgan fingerprint density at radius 3 is 3.05 bits per heavy atom. The number of carbonyl (C=O) groups is 1. The Morgan fingerprint density at radius 1 is 1.35 bits per heavy atom. The van der Waals surface area contributed by atoms with Crippen LogP contribution in [0.5, 0.6) is 0 Å². The smallest absolute Gasteiger partial charge is 0.250 e. The molecule has 1 N–H and O–H groups in total. The van der Waals surface area contributed by atoms with Gasteiger partial charge in [-0.1, -0.05) is 18.2 Å². The lowest BCUT2D eigenvalue weighted by Crippen LogP contribution is -2.49. The van der Waals surface area contributed by atoms with E-state index < -0.39 is 6.10 Å². The van der Waals surface area contributed by atoms with Gasteiger partial charge in [-0.3, -0.25) is 4.79 Å². The number of benzene rings is 1. The van der Waals surface area contributed by atoms with Gasteiger partial charge < -0.3 is 15.0 Å². The zero-order valence-corrected chi connectivity index (χ0v) is 11.4. The highest BCUT2D eigenvalue weighted by Gasteiger charge is 2.26. The van der Waals surface area contributed by atoms with Gasteiger partial charge in [0.05, 0.1) is 18.7 Å². The number of nitrogens with zero attached hydrogens (tertiary/aromatic N) is 2. The maximum Gasteiger partial charge on any atom is 0.250 e. The molecule has 5 nitrogen and oxygen atoms in total. The first-order valence-electron chi connectivity index (χ1n) is 6.72. The van der Waals surface area contributed by atoms with Gasteiger partial charge in [-0.25, -0.2) is 4.98 Å². The number of hydrogen-bond acceptors (Lipinski definition) is 4. The number of likely N-dealkylation sites (N-methyl/N-ethyl adjacent to an activating group) is 1. The summed E-state index contributed by atoms with van der Waals surface area (Å²) in [6.45, 7) is 1.82. The molecule has 2 aromatic rings. The molecule has 0 spiro atoms. The predicted molar refractivity (Wildman–Crippen MR) is 77.8 cm³/mol. The molecule has 1 atom stereocenters. The maximum atomic E-state index is 11.7. The lowest BCUT2D eigenvalue weighted by Gasteiger charge is -2.32. The van der Waals surface area contributed by atoms with Crippen molar-refractivity contribution in [2.45, 2.75) is 6.10 Å². The van der Waals surface area contributed by atoms with Gasteiger partial charge in [-0.2, -0.15) is 0 Å². The molecule has 2 heterocycles. The highest BCUT2D eigenvalue weighted by atomic mass is 16.5. The van der Waals surface area contributed by atoms with Crippen molar-refractivity contribution in [2.24, 2.45) is 0 Å². The van der Waals surface area contributed by atoms with E-state index in [-0.39, 0.29) is 5.91 Å². The van der Waals surface area contributed by atoms with E-state index in [0.717, 1.165) is 23.3 Å². The Hall–Kier alpha value is -2.14.